The Morgan fingerprint density at radius 2 is 1.88 bits per heavy atom. The summed E-state index contributed by atoms with van der Waals surface area (Å²) >= 11 is 0. The molecule has 2 nitrogen and oxygen atoms in total. The third-order valence-electron chi connectivity index (χ3n) is 4.60. The molecule has 0 bridgehead atoms. The van der Waals surface area contributed by atoms with Gasteiger partial charge in [-0.15, -0.1) is 0 Å². The molecule has 0 aromatic carbocycles. The maximum absolute atomic E-state index is 5.96. The van der Waals surface area contributed by atoms with E-state index in [0.717, 1.165) is 24.4 Å². The minimum absolute atomic E-state index is 0.589. The first kappa shape index (κ1) is 12.4. The van der Waals surface area contributed by atoms with Gasteiger partial charge in [0.05, 0.1) is 0 Å². The Kier molecular flexibility index (Phi) is 4.66. The summed E-state index contributed by atoms with van der Waals surface area (Å²) < 4.78 is 0. The van der Waals surface area contributed by atoms with Gasteiger partial charge in [-0.2, -0.15) is 0 Å². The van der Waals surface area contributed by atoms with Crippen LogP contribution in [0.4, 0.5) is 0 Å². The molecule has 16 heavy (non-hydrogen) atoms. The van der Waals surface area contributed by atoms with Crippen LogP contribution in [0.5, 0.6) is 0 Å². The van der Waals surface area contributed by atoms with Crippen molar-refractivity contribution >= 4 is 0 Å². The molecule has 3 atom stereocenters. The van der Waals surface area contributed by atoms with E-state index < -0.39 is 0 Å². The second-order valence-electron chi connectivity index (χ2n) is 6.02. The van der Waals surface area contributed by atoms with Gasteiger partial charge in [0.2, 0.25) is 0 Å². The maximum atomic E-state index is 5.96. The zero-order valence-corrected chi connectivity index (χ0v) is 10.8. The number of hydrogen-bond acceptors (Lipinski definition) is 2. The van der Waals surface area contributed by atoms with Gasteiger partial charge in [0, 0.05) is 18.6 Å². The predicted molar refractivity (Wildman–Crippen MR) is 69.4 cm³/mol. The summed E-state index contributed by atoms with van der Waals surface area (Å²) in [5.74, 6) is 1.76. The van der Waals surface area contributed by atoms with Crippen LogP contribution in [-0.2, 0) is 0 Å². The lowest BCUT2D eigenvalue weighted by Crippen LogP contribution is -2.47. The Balaban J connectivity index is 1.82. The Morgan fingerprint density at radius 3 is 2.50 bits per heavy atom. The van der Waals surface area contributed by atoms with Crippen molar-refractivity contribution in [1.82, 2.24) is 5.32 Å². The maximum Gasteiger partial charge on any atom is 0.0221 e. The first-order valence-electron chi connectivity index (χ1n) is 7.25. The van der Waals surface area contributed by atoms with E-state index in [0.29, 0.717) is 6.04 Å². The average molecular weight is 224 g/mol. The highest BCUT2D eigenvalue weighted by atomic mass is 15.0. The number of nitrogens with two attached hydrogens (primary N) is 1. The summed E-state index contributed by atoms with van der Waals surface area (Å²) in [7, 11) is 0. The number of rotatable bonds is 4. The zero-order valence-electron chi connectivity index (χ0n) is 10.8. The monoisotopic (exact) mass is 224 g/mol. The van der Waals surface area contributed by atoms with Crippen molar-refractivity contribution in [3.05, 3.63) is 0 Å². The standard InChI is InChI=1S/C14H28N2/c1-11-5-4-6-12(9-11)14(10-15)16-13-7-2-3-8-13/h11-14,16H,2-10,15H2,1H3. The Bertz CT molecular complexity index is 199. The van der Waals surface area contributed by atoms with Gasteiger partial charge < -0.3 is 11.1 Å². The SMILES string of the molecule is CC1CCCC(C(CN)NC2CCCC2)C1. The summed E-state index contributed by atoms with van der Waals surface area (Å²) in [6.45, 7) is 3.23. The van der Waals surface area contributed by atoms with Crippen LogP contribution in [0.3, 0.4) is 0 Å². The fraction of sp³-hybridized carbons (Fsp3) is 1.00. The van der Waals surface area contributed by atoms with E-state index in [1.165, 1.54) is 51.4 Å². The molecule has 94 valence electrons. The molecule has 2 heteroatoms. The largest absolute Gasteiger partial charge is 0.329 e. The molecule has 2 fully saturated rings. The van der Waals surface area contributed by atoms with Gasteiger partial charge in [-0.05, 0) is 37.5 Å². The second-order valence-corrected chi connectivity index (χ2v) is 6.02. The lowest BCUT2D eigenvalue weighted by molar-refractivity contribution is 0.214. The molecule has 2 aliphatic rings. The van der Waals surface area contributed by atoms with Gasteiger partial charge in [-0.3, -0.25) is 0 Å². The van der Waals surface area contributed by atoms with Gasteiger partial charge in [0.25, 0.3) is 0 Å². The average Bonchev–Trinajstić information content (AvgIpc) is 2.78. The van der Waals surface area contributed by atoms with Crippen molar-refractivity contribution in [3.63, 3.8) is 0 Å². The molecule has 0 aromatic rings. The van der Waals surface area contributed by atoms with Gasteiger partial charge in [-0.25, -0.2) is 0 Å². The fourth-order valence-corrected chi connectivity index (χ4v) is 3.64. The van der Waals surface area contributed by atoms with E-state index in [9.17, 15) is 0 Å². The van der Waals surface area contributed by atoms with Crippen LogP contribution < -0.4 is 11.1 Å². The lowest BCUT2D eigenvalue weighted by Gasteiger charge is -2.34. The molecule has 0 radical (unpaired) electrons. The fourth-order valence-electron chi connectivity index (χ4n) is 3.64. The molecule has 3 unspecified atom stereocenters. The molecule has 2 rings (SSSR count). The summed E-state index contributed by atoms with van der Waals surface area (Å²) in [5, 5.41) is 3.83. The highest BCUT2D eigenvalue weighted by Gasteiger charge is 2.28. The van der Waals surface area contributed by atoms with Crippen LogP contribution >= 0.6 is 0 Å². The van der Waals surface area contributed by atoms with Crippen LogP contribution in [0.2, 0.25) is 0 Å². The molecule has 0 aromatic heterocycles. The van der Waals surface area contributed by atoms with Gasteiger partial charge in [0.1, 0.15) is 0 Å². The van der Waals surface area contributed by atoms with Crippen LogP contribution in [0.25, 0.3) is 0 Å². The molecule has 2 saturated carbocycles. The van der Waals surface area contributed by atoms with E-state index in [1.807, 2.05) is 0 Å². The Hall–Kier alpha value is -0.0800. The van der Waals surface area contributed by atoms with E-state index in [2.05, 4.69) is 12.2 Å². The molecule has 0 saturated heterocycles. The third kappa shape index (κ3) is 3.21. The Morgan fingerprint density at radius 1 is 1.12 bits per heavy atom. The molecular formula is C14H28N2. The van der Waals surface area contributed by atoms with Crippen LogP contribution in [0.15, 0.2) is 0 Å². The van der Waals surface area contributed by atoms with Crippen molar-refractivity contribution in [2.45, 2.75) is 70.4 Å². The summed E-state index contributed by atoms with van der Waals surface area (Å²) in [6, 6.07) is 1.36. The third-order valence-corrected chi connectivity index (χ3v) is 4.60. The first-order chi connectivity index (χ1) is 7.79. The van der Waals surface area contributed by atoms with E-state index in [4.69, 9.17) is 5.73 Å². The number of hydrogen-bond donors (Lipinski definition) is 2. The Labute approximate surface area is 100 Å². The van der Waals surface area contributed by atoms with Gasteiger partial charge >= 0.3 is 0 Å². The van der Waals surface area contributed by atoms with E-state index in [1.54, 1.807) is 0 Å². The minimum atomic E-state index is 0.589. The van der Waals surface area contributed by atoms with Gasteiger partial charge in [-0.1, -0.05) is 32.6 Å². The first-order valence-corrected chi connectivity index (χ1v) is 7.25. The highest BCUT2D eigenvalue weighted by molar-refractivity contribution is 4.86. The second kappa shape index (κ2) is 6.02. The summed E-state index contributed by atoms with van der Waals surface area (Å²) in [4.78, 5) is 0. The van der Waals surface area contributed by atoms with Crippen LogP contribution in [0, 0.1) is 11.8 Å². The normalized spacial score (nSPS) is 34.1. The van der Waals surface area contributed by atoms with Gasteiger partial charge in [0.15, 0.2) is 0 Å². The van der Waals surface area contributed by atoms with Crippen LogP contribution in [0.1, 0.15) is 58.3 Å². The summed E-state index contributed by atoms with van der Waals surface area (Å²) in [5.41, 5.74) is 5.96. The molecule has 0 spiro atoms. The molecule has 3 N–H and O–H groups in total. The van der Waals surface area contributed by atoms with Crippen molar-refractivity contribution in [2.24, 2.45) is 17.6 Å². The molecule has 0 aliphatic heterocycles. The zero-order chi connectivity index (χ0) is 11.4. The molecular weight excluding hydrogens is 196 g/mol. The van der Waals surface area contributed by atoms with Crippen molar-refractivity contribution in [2.75, 3.05) is 6.54 Å². The molecule has 2 aliphatic carbocycles. The topological polar surface area (TPSA) is 38.0 Å². The van der Waals surface area contributed by atoms with E-state index in [-0.39, 0.29) is 0 Å². The quantitative estimate of drug-likeness (QED) is 0.770. The van der Waals surface area contributed by atoms with Crippen molar-refractivity contribution < 1.29 is 0 Å². The van der Waals surface area contributed by atoms with Crippen molar-refractivity contribution in [3.8, 4) is 0 Å². The highest BCUT2D eigenvalue weighted by Crippen LogP contribution is 2.31. The molecule has 0 heterocycles. The minimum Gasteiger partial charge on any atom is -0.329 e. The predicted octanol–water partition coefficient (Wildman–Crippen LogP) is 2.67. The lowest BCUT2D eigenvalue weighted by atomic mass is 9.78. The smallest absolute Gasteiger partial charge is 0.0221 e. The van der Waals surface area contributed by atoms with Crippen molar-refractivity contribution in [1.29, 1.82) is 0 Å². The van der Waals surface area contributed by atoms with E-state index >= 15 is 0 Å². The summed E-state index contributed by atoms with van der Waals surface area (Å²) in [6.07, 6.45) is 11.2. The van der Waals surface area contributed by atoms with Crippen LogP contribution in [-0.4, -0.2) is 18.6 Å². The number of nitrogens with one attached hydrogen (secondary N) is 1. The molecule has 0 amide bonds.